The van der Waals surface area contributed by atoms with Gasteiger partial charge in [-0.05, 0) is 54.8 Å². The lowest BCUT2D eigenvalue weighted by Gasteiger charge is -2.31. The van der Waals surface area contributed by atoms with Crippen molar-refractivity contribution in [3.63, 3.8) is 0 Å². The molecule has 0 aromatic heterocycles. The molecule has 1 saturated carbocycles. The summed E-state index contributed by atoms with van der Waals surface area (Å²) in [5.74, 6) is -1.22. The summed E-state index contributed by atoms with van der Waals surface area (Å²) in [5, 5.41) is 12.2. The first-order valence-electron chi connectivity index (χ1n) is 9.40. The van der Waals surface area contributed by atoms with Gasteiger partial charge in [0, 0.05) is 30.1 Å². The summed E-state index contributed by atoms with van der Waals surface area (Å²) in [6.45, 7) is 0. The summed E-state index contributed by atoms with van der Waals surface area (Å²) < 4.78 is 20.2. The Hall–Kier alpha value is -1.32. The average molecular weight is 408 g/mol. The fourth-order valence-corrected chi connectivity index (χ4v) is 5.87. The fraction of sp³-hybridized carbons (Fsp3) is 0.429. The number of aliphatic hydroxyl groups is 1. The van der Waals surface area contributed by atoms with E-state index in [0.717, 1.165) is 31.4 Å². The molecule has 1 aliphatic carbocycles. The third kappa shape index (κ3) is 4.75. The summed E-state index contributed by atoms with van der Waals surface area (Å²) in [6, 6.07) is 14.2. The molecule has 146 valence electrons. The van der Waals surface area contributed by atoms with Crippen molar-refractivity contribution in [2.24, 2.45) is 0 Å². The minimum atomic E-state index is -3.52. The molecule has 0 aliphatic heterocycles. The van der Waals surface area contributed by atoms with Crippen LogP contribution in [0.2, 0.25) is 5.02 Å². The Bertz CT molecular complexity index is 786. The first-order chi connectivity index (χ1) is 12.9. The normalized spacial score (nSPS) is 18.7. The Morgan fingerprint density at radius 1 is 1.04 bits per heavy atom. The molecule has 1 aliphatic rings. The predicted octanol–water partition coefficient (Wildman–Crippen LogP) is 5.35. The van der Waals surface area contributed by atoms with Gasteiger partial charge in [-0.2, -0.15) is 0 Å². The Labute approximate surface area is 166 Å². The molecule has 0 bridgehead atoms. The number of rotatable bonds is 6. The van der Waals surface area contributed by atoms with E-state index in [1.807, 2.05) is 31.1 Å². The molecule has 1 fully saturated rings. The highest BCUT2D eigenvalue weighted by molar-refractivity contribution is 7.67. The third-order valence-corrected chi connectivity index (χ3v) is 7.90. The maximum atomic E-state index is 14.0. The maximum absolute atomic E-state index is 14.0. The molecule has 0 amide bonds. The zero-order chi connectivity index (χ0) is 19.4. The molecule has 6 heteroatoms. The third-order valence-electron chi connectivity index (χ3n) is 5.07. The van der Waals surface area contributed by atoms with Crippen LogP contribution in [-0.4, -0.2) is 25.3 Å². The second-order valence-corrected chi connectivity index (χ2v) is 10.1. The zero-order valence-corrected chi connectivity index (χ0v) is 17.5. The van der Waals surface area contributed by atoms with Crippen molar-refractivity contribution in [3.8, 4) is 0 Å². The summed E-state index contributed by atoms with van der Waals surface area (Å²) in [4.78, 5) is 1.98. The van der Waals surface area contributed by atoms with Crippen LogP contribution in [0, 0.1) is 0 Å². The van der Waals surface area contributed by atoms with E-state index in [-0.39, 0.29) is 6.10 Å². The summed E-state index contributed by atoms with van der Waals surface area (Å²) in [6.07, 6.45) is 5.00. The van der Waals surface area contributed by atoms with Crippen LogP contribution in [-0.2, 0) is 9.09 Å². The molecule has 2 atom stereocenters. The highest BCUT2D eigenvalue weighted by Gasteiger charge is 2.39. The SMILES string of the molecule is CN(C)c1ccc(P(=O)(OC2CCCCC2)C(O)c2ccc(Cl)cc2)cc1. The van der Waals surface area contributed by atoms with Crippen molar-refractivity contribution < 1.29 is 14.2 Å². The molecular formula is C21H27ClNO3P. The number of anilines is 1. The van der Waals surface area contributed by atoms with Gasteiger partial charge in [0.1, 0.15) is 0 Å². The van der Waals surface area contributed by atoms with Crippen LogP contribution in [0.25, 0.3) is 0 Å². The van der Waals surface area contributed by atoms with Gasteiger partial charge < -0.3 is 14.5 Å². The van der Waals surface area contributed by atoms with E-state index in [0.29, 0.717) is 15.9 Å². The Balaban J connectivity index is 1.96. The quantitative estimate of drug-likeness (QED) is 0.656. The largest absolute Gasteiger partial charge is 0.378 e. The standard InChI is InChI=1S/C21H27ClNO3P/c1-23(2)18-12-14-20(15-13-18)27(25,26-19-6-4-3-5-7-19)21(24)16-8-10-17(22)11-9-16/h8-15,19,21,24H,3-7H2,1-2H3. The van der Waals surface area contributed by atoms with Crippen LogP contribution in [0.15, 0.2) is 48.5 Å². The lowest BCUT2D eigenvalue weighted by Crippen LogP contribution is -2.22. The highest BCUT2D eigenvalue weighted by atomic mass is 35.5. The molecule has 1 N–H and O–H groups in total. The molecule has 2 aromatic carbocycles. The summed E-state index contributed by atoms with van der Waals surface area (Å²) >= 11 is 5.96. The van der Waals surface area contributed by atoms with E-state index < -0.39 is 13.2 Å². The molecule has 27 heavy (non-hydrogen) atoms. The number of nitrogens with zero attached hydrogens (tertiary/aromatic N) is 1. The molecule has 3 rings (SSSR count). The minimum absolute atomic E-state index is 0.0833. The molecule has 0 heterocycles. The van der Waals surface area contributed by atoms with E-state index in [1.54, 1.807) is 36.4 Å². The van der Waals surface area contributed by atoms with E-state index in [2.05, 4.69) is 0 Å². The summed E-state index contributed by atoms with van der Waals surface area (Å²) in [5.41, 5.74) is 1.55. The van der Waals surface area contributed by atoms with E-state index in [4.69, 9.17) is 16.1 Å². The Morgan fingerprint density at radius 2 is 1.63 bits per heavy atom. The lowest BCUT2D eigenvalue weighted by atomic mass is 9.98. The van der Waals surface area contributed by atoms with Crippen molar-refractivity contribution in [3.05, 3.63) is 59.1 Å². The van der Waals surface area contributed by atoms with Gasteiger partial charge >= 0.3 is 0 Å². The number of hydrogen-bond donors (Lipinski definition) is 1. The van der Waals surface area contributed by atoms with Crippen LogP contribution >= 0.6 is 19.0 Å². The first kappa shape index (κ1) is 20.4. The van der Waals surface area contributed by atoms with Gasteiger partial charge in [0.2, 0.25) is 0 Å². The summed E-state index contributed by atoms with van der Waals surface area (Å²) in [7, 11) is 0.384. The molecular weight excluding hydrogens is 381 g/mol. The molecule has 4 nitrogen and oxygen atoms in total. The number of hydrogen-bond acceptors (Lipinski definition) is 4. The Kier molecular flexibility index (Phi) is 6.65. The van der Waals surface area contributed by atoms with Gasteiger partial charge in [-0.3, -0.25) is 4.57 Å². The predicted molar refractivity (Wildman–Crippen MR) is 112 cm³/mol. The zero-order valence-electron chi connectivity index (χ0n) is 15.8. The van der Waals surface area contributed by atoms with Gasteiger partial charge in [0.05, 0.1) is 6.10 Å². The molecule has 0 radical (unpaired) electrons. The minimum Gasteiger partial charge on any atom is -0.378 e. The Morgan fingerprint density at radius 3 is 2.19 bits per heavy atom. The maximum Gasteiger partial charge on any atom is 0.264 e. The fourth-order valence-electron chi connectivity index (χ4n) is 3.44. The van der Waals surface area contributed by atoms with Crippen LogP contribution in [0.5, 0.6) is 0 Å². The van der Waals surface area contributed by atoms with E-state index in [9.17, 15) is 9.67 Å². The van der Waals surface area contributed by atoms with Crippen LogP contribution in [0.3, 0.4) is 0 Å². The van der Waals surface area contributed by atoms with Crippen LogP contribution < -0.4 is 10.2 Å². The highest BCUT2D eigenvalue weighted by Crippen LogP contribution is 2.59. The smallest absolute Gasteiger partial charge is 0.264 e. The van der Waals surface area contributed by atoms with Crippen molar-refractivity contribution in [1.29, 1.82) is 0 Å². The van der Waals surface area contributed by atoms with Gasteiger partial charge in [-0.25, -0.2) is 0 Å². The van der Waals surface area contributed by atoms with Crippen molar-refractivity contribution in [2.75, 3.05) is 19.0 Å². The lowest BCUT2D eigenvalue weighted by molar-refractivity contribution is 0.137. The average Bonchev–Trinajstić information content (AvgIpc) is 2.69. The second kappa shape index (κ2) is 8.79. The van der Waals surface area contributed by atoms with Gasteiger partial charge in [-0.15, -0.1) is 0 Å². The van der Waals surface area contributed by atoms with Crippen molar-refractivity contribution in [2.45, 2.75) is 44.1 Å². The number of aliphatic hydroxyl groups excluding tert-OH is 1. The van der Waals surface area contributed by atoms with Crippen LogP contribution in [0.4, 0.5) is 5.69 Å². The van der Waals surface area contributed by atoms with E-state index >= 15 is 0 Å². The van der Waals surface area contributed by atoms with Crippen molar-refractivity contribution >= 4 is 30.0 Å². The molecule has 0 spiro atoms. The second-order valence-electron chi connectivity index (χ2n) is 7.30. The van der Waals surface area contributed by atoms with Gasteiger partial charge in [-0.1, -0.05) is 43.0 Å². The molecule has 2 aromatic rings. The topological polar surface area (TPSA) is 49.8 Å². The van der Waals surface area contributed by atoms with Crippen LogP contribution in [0.1, 0.15) is 43.5 Å². The van der Waals surface area contributed by atoms with E-state index in [1.165, 1.54) is 6.42 Å². The van der Waals surface area contributed by atoms with Gasteiger partial charge in [0.15, 0.2) is 5.85 Å². The monoisotopic (exact) mass is 407 g/mol. The number of halogens is 1. The first-order valence-corrected chi connectivity index (χ1v) is 11.5. The molecule has 2 unspecified atom stereocenters. The number of benzene rings is 2. The molecule has 0 saturated heterocycles. The van der Waals surface area contributed by atoms with Crippen molar-refractivity contribution in [1.82, 2.24) is 0 Å². The van der Waals surface area contributed by atoms with Gasteiger partial charge in [0.25, 0.3) is 7.37 Å².